The van der Waals surface area contributed by atoms with Crippen molar-refractivity contribution in [2.24, 2.45) is 0 Å². The van der Waals surface area contributed by atoms with Gasteiger partial charge < -0.3 is 14.2 Å². The second-order valence-electron chi connectivity index (χ2n) is 3.93. The van der Waals surface area contributed by atoms with E-state index in [1.54, 1.807) is 20.4 Å². The number of fused-ring (bicyclic) bond motifs is 1. The number of nitrogens with zero attached hydrogens (tertiary/aromatic N) is 1. The summed E-state index contributed by atoms with van der Waals surface area (Å²) in [5.41, 5.74) is 1.72. The maximum absolute atomic E-state index is 10.1. The highest BCUT2D eigenvalue weighted by Gasteiger charge is 2.09. The molecule has 100 valence electrons. The molecule has 0 aliphatic heterocycles. The Morgan fingerprint density at radius 1 is 1.21 bits per heavy atom. The first kappa shape index (κ1) is 13.1. The molecule has 0 atom stereocenters. The SMILES string of the molecule is COc1ccc(OC)c2ncc(CCOC=O)cc12. The molecule has 0 radical (unpaired) electrons. The zero-order valence-electron chi connectivity index (χ0n) is 10.9. The average Bonchev–Trinajstić information content (AvgIpc) is 2.46. The molecule has 0 unspecified atom stereocenters. The van der Waals surface area contributed by atoms with Crippen molar-refractivity contribution in [3.63, 3.8) is 0 Å². The van der Waals surface area contributed by atoms with E-state index in [1.165, 1.54) is 0 Å². The van der Waals surface area contributed by atoms with Crippen molar-refractivity contribution in [1.82, 2.24) is 4.98 Å². The number of hydrogen-bond donors (Lipinski definition) is 0. The number of rotatable bonds is 6. The molecule has 5 nitrogen and oxygen atoms in total. The summed E-state index contributed by atoms with van der Waals surface area (Å²) in [7, 11) is 3.22. The molecule has 0 amide bonds. The van der Waals surface area contributed by atoms with Gasteiger partial charge in [-0.25, -0.2) is 0 Å². The molecule has 5 heteroatoms. The highest BCUT2D eigenvalue weighted by molar-refractivity contribution is 5.90. The Morgan fingerprint density at radius 3 is 2.63 bits per heavy atom. The van der Waals surface area contributed by atoms with Crippen LogP contribution in [0.1, 0.15) is 5.56 Å². The lowest BCUT2D eigenvalue weighted by atomic mass is 10.1. The number of pyridine rings is 1. The molecular weight excluding hydrogens is 246 g/mol. The van der Waals surface area contributed by atoms with Gasteiger partial charge in [-0.1, -0.05) is 0 Å². The van der Waals surface area contributed by atoms with Gasteiger partial charge in [0.15, 0.2) is 0 Å². The summed E-state index contributed by atoms with van der Waals surface area (Å²) < 4.78 is 15.3. The van der Waals surface area contributed by atoms with Gasteiger partial charge in [0.2, 0.25) is 0 Å². The second kappa shape index (κ2) is 6.04. The molecule has 0 aliphatic carbocycles. The number of methoxy groups -OCH3 is 2. The smallest absolute Gasteiger partial charge is 0.293 e. The van der Waals surface area contributed by atoms with Gasteiger partial charge in [0, 0.05) is 18.0 Å². The van der Waals surface area contributed by atoms with Crippen LogP contribution < -0.4 is 9.47 Å². The van der Waals surface area contributed by atoms with Gasteiger partial charge in [-0.15, -0.1) is 0 Å². The van der Waals surface area contributed by atoms with Crippen LogP contribution in [0.3, 0.4) is 0 Å². The van der Waals surface area contributed by atoms with Crippen LogP contribution in [-0.4, -0.2) is 32.3 Å². The molecular formula is C14H15NO4. The Morgan fingerprint density at radius 2 is 1.95 bits per heavy atom. The van der Waals surface area contributed by atoms with Gasteiger partial charge >= 0.3 is 0 Å². The highest BCUT2D eigenvalue weighted by atomic mass is 16.5. The zero-order valence-corrected chi connectivity index (χ0v) is 10.9. The molecule has 1 heterocycles. The minimum absolute atomic E-state index is 0.336. The summed E-state index contributed by atoms with van der Waals surface area (Å²) in [5, 5.41) is 0.880. The van der Waals surface area contributed by atoms with E-state index in [4.69, 9.17) is 9.47 Å². The lowest BCUT2D eigenvalue weighted by Gasteiger charge is -2.10. The Hall–Kier alpha value is -2.30. The molecule has 0 bridgehead atoms. The number of carbonyl (C=O) groups excluding carboxylic acids is 1. The number of hydrogen-bond acceptors (Lipinski definition) is 5. The Labute approximate surface area is 111 Å². The van der Waals surface area contributed by atoms with Gasteiger partial charge in [0.1, 0.15) is 17.0 Å². The molecule has 0 N–H and O–H groups in total. The predicted molar refractivity (Wildman–Crippen MR) is 70.6 cm³/mol. The predicted octanol–water partition coefficient (Wildman–Crippen LogP) is 1.97. The minimum atomic E-state index is 0.336. The largest absolute Gasteiger partial charge is 0.496 e. The number of aromatic nitrogens is 1. The number of benzene rings is 1. The third-order valence-electron chi connectivity index (χ3n) is 2.85. The Balaban J connectivity index is 2.41. The van der Waals surface area contributed by atoms with Crippen LogP contribution in [-0.2, 0) is 16.0 Å². The van der Waals surface area contributed by atoms with Crippen molar-refractivity contribution in [2.75, 3.05) is 20.8 Å². The first-order valence-electron chi connectivity index (χ1n) is 5.85. The van der Waals surface area contributed by atoms with E-state index in [-0.39, 0.29) is 0 Å². The van der Waals surface area contributed by atoms with Crippen LogP contribution in [0.15, 0.2) is 24.4 Å². The molecule has 19 heavy (non-hydrogen) atoms. The van der Waals surface area contributed by atoms with Gasteiger partial charge in [-0.2, -0.15) is 0 Å². The maximum atomic E-state index is 10.1. The first-order valence-corrected chi connectivity index (χ1v) is 5.85. The maximum Gasteiger partial charge on any atom is 0.293 e. The zero-order chi connectivity index (χ0) is 13.7. The fourth-order valence-corrected chi connectivity index (χ4v) is 1.92. The lowest BCUT2D eigenvalue weighted by molar-refractivity contribution is -0.128. The van der Waals surface area contributed by atoms with E-state index >= 15 is 0 Å². The molecule has 1 aromatic heterocycles. The van der Waals surface area contributed by atoms with Crippen LogP contribution in [0.5, 0.6) is 11.5 Å². The molecule has 0 saturated carbocycles. The molecule has 0 fully saturated rings. The highest BCUT2D eigenvalue weighted by Crippen LogP contribution is 2.31. The number of ether oxygens (including phenoxy) is 3. The van der Waals surface area contributed by atoms with Crippen molar-refractivity contribution in [2.45, 2.75) is 6.42 Å². The molecule has 2 rings (SSSR count). The van der Waals surface area contributed by atoms with E-state index in [2.05, 4.69) is 9.72 Å². The van der Waals surface area contributed by atoms with Gasteiger partial charge in [0.25, 0.3) is 6.47 Å². The summed E-state index contributed by atoms with van der Waals surface area (Å²) in [4.78, 5) is 14.5. The quantitative estimate of drug-likeness (QED) is 0.587. The van der Waals surface area contributed by atoms with Gasteiger partial charge in [0.05, 0.1) is 20.8 Å². The fraction of sp³-hybridized carbons (Fsp3) is 0.286. The van der Waals surface area contributed by atoms with E-state index in [0.717, 1.165) is 22.2 Å². The number of carbonyl (C=O) groups is 1. The summed E-state index contributed by atoms with van der Waals surface area (Å²) in [6, 6.07) is 5.63. The van der Waals surface area contributed by atoms with Crippen molar-refractivity contribution < 1.29 is 19.0 Å². The topological polar surface area (TPSA) is 57.6 Å². The summed E-state index contributed by atoms with van der Waals surface area (Å²) >= 11 is 0. The minimum Gasteiger partial charge on any atom is -0.496 e. The molecule has 1 aromatic carbocycles. The van der Waals surface area contributed by atoms with Crippen molar-refractivity contribution in [3.05, 3.63) is 30.0 Å². The van der Waals surface area contributed by atoms with E-state index in [9.17, 15) is 4.79 Å². The van der Waals surface area contributed by atoms with Crippen molar-refractivity contribution in [3.8, 4) is 11.5 Å². The molecule has 2 aromatic rings. The average molecular weight is 261 g/mol. The van der Waals surface area contributed by atoms with E-state index < -0.39 is 0 Å². The second-order valence-corrected chi connectivity index (χ2v) is 3.93. The van der Waals surface area contributed by atoms with Crippen LogP contribution in [0.2, 0.25) is 0 Å². The van der Waals surface area contributed by atoms with E-state index in [0.29, 0.717) is 25.2 Å². The van der Waals surface area contributed by atoms with Crippen molar-refractivity contribution in [1.29, 1.82) is 0 Å². The molecule has 0 saturated heterocycles. The molecule has 0 spiro atoms. The van der Waals surface area contributed by atoms with E-state index in [1.807, 2.05) is 18.2 Å². The van der Waals surface area contributed by atoms with Crippen LogP contribution in [0, 0.1) is 0 Å². The van der Waals surface area contributed by atoms with Gasteiger partial charge in [-0.3, -0.25) is 9.78 Å². The third-order valence-corrected chi connectivity index (χ3v) is 2.85. The summed E-state index contributed by atoms with van der Waals surface area (Å²) in [6.45, 7) is 0.779. The first-order chi connectivity index (χ1) is 9.30. The summed E-state index contributed by atoms with van der Waals surface area (Å²) in [5.74, 6) is 1.44. The lowest BCUT2D eigenvalue weighted by Crippen LogP contribution is -1.98. The fourth-order valence-electron chi connectivity index (χ4n) is 1.92. The standard InChI is InChI=1S/C14H15NO4/c1-17-12-3-4-13(18-2)14-11(12)7-10(8-15-14)5-6-19-9-16/h3-4,7-9H,5-6H2,1-2H3. The van der Waals surface area contributed by atoms with Crippen LogP contribution in [0.4, 0.5) is 0 Å². The Kier molecular flexibility index (Phi) is 4.18. The van der Waals surface area contributed by atoms with Crippen LogP contribution >= 0.6 is 0 Å². The molecule has 0 aliphatic rings. The van der Waals surface area contributed by atoms with Crippen LogP contribution in [0.25, 0.3) is 10.9 Å². The van der Waals surface area contributed by atoms with Crippen molar-refractivity contribution >= 4 is 17.4 Å². The Bertz CT molecular complexity index is 583. The monoisotopic (exact) mass is 261 g/mol. The third kappa shape index (κ3) is 2.76. The normalized spacial score (nSPS) is 10.2. The summed E-state index contributed by atoms with van der Waals surface area (Å²) in [6.07, 6.45) is 2.36. The van der Waals surface area contributed by atoms with Gasteiger partial charge in [-0.05, 0) is 23.8 Å².